The van der Waals surface area contributed by atoms with Crippen molar-refractivity contribution in [2.24, 2.45) is 5.92 Å². The van der Waals surface area contributed by atoms with Crippen LogP contribution in [0, 0.1) is 11.7 Å². The van der Waals surface area contributed by atoms with E-state index in [0.717, 1.165) is 56.3 Å². The predicted molar refractivity (Wildman–Crippen MR) is 114 cm³/mol. The minimum absolute atomic E-state index is 0.227. The molecular formula is C25H29FN2O2. The normalized spacial score (nSPS) is 23.7. The van der Waals surface area contributed by atoms with Gasteiger partial charge in [-0.3, -0.25) is 4.90 Å². The van der Waals surface area contributed by atoms with E-state index in [1.807, 2.05) is 17.0 Å². The molecule has 0 unspecified atom stereocenters. The Balaban J connectivity index is 1.41. The van der Waals surface area contributed by atoms with Gasteiger partial charge in [0.05, 0.1) is 6.04 Å². The Bertz CT molecular complexity index is 917. The molecule has 2 aromatic carbocycles. The van der Waals surface area contributed by atoms with Crippen LogP contribution in [-0.2, 0) is 11.2 Å². The van der Waals surface area contributed by atoms with Gasteiger partial charge in [-0.15, -0.1) is 0 Å². The lowest BCUT2D eigenvalue weighted by Crippen LogP contribution is -2.45. The van der Waals surface area contributed by atoms with Crippen LogP contribution in [0.3, 0.4) is 0 Å². The van der Waals surface area contributed by atoms with Gasteiger partial charge >= 0.3 is 6.09 Å². The molecule has 2 heterocycles. The van der Waals surface area contributed by atoms with Crippen LogP contribution in [0.5, 0.6) is 0 Å². The number of hydrogen-bond donors (Lipinski definition) is 0. The number of piperidine rings is 1. The zero-order valence-corrected chi connectivity index (χ0v) is 17.5. The number of halogens is 1. The lowest BCUT2D eigenvalue weighted by atomic mass is 9.88. The summed E-state index contributed by atoms with van der Waals surface area (Å²) in [7, 11) is 2.15. The van der Waals surface area contributed by atoms with Gasteiger partial charge in [0, 0.05) is 12.5 Å². The fourth-order valence-electron chi connectivity index (χ4n) is 5.25. The Labute approximate surface area is 177 Å². The number of benzene rings is 2. The van der Waals surface area contributed by atoms with Crippen LogP contribution < -0.4 is 0 Å². The van der Waals surface area contributed by atoms with Crippen LogP contribution in [0.15, 0.2) is 48.5 Å². The quantitative estimate of drug-likeness (QED) is 0.732. The van der Waals surface area contributed by atoms with Crippen molar-refractivity contribution in [2.45, 2.75) is 43.7 Å². The van der Waals surface area contributed by atoms with Gasteiger partial charge < -0.3 is 9.64 Å². The van der Waals surface area contributed by atoms with Gasteiger partial charge in [-0.05, 0) is 81.1 Å². The first-order valence-electron chi connectivity index (χ1n) is 11.1. The summed E-state index contributed by atoms with van der Waals surface area (Å²) in [6.45, 7) is 2.75. The van der Waals surface area contributed by atoms with Crippen LogP contribution in [0.2, 0.25) is 0 Å². The van der Waals surface area contributed by atoms with E-state index in [1.165, 1.54) is 17.7 Å². The molecule has 0 bridgehead atoms. The van der Waals surface area contributed by atoms with Crippen LogP contribution in [-0.4, -0.2) is 48.2 Å². The fourth-order valence-corrected chi connectivity index (χ4v) is 5.25. The standard InChI is InChI=1S/C25H29FN2O2/c1-27-15-11-20(12-16-27)25(13-14-25)30-24(29)28-17-10-18-4-2-3-5-22(18)23(28)19-6-8-21(26)9-7-19/h2-9,20,23H,10-17H2,1H3/t23-/m0/s1. The first-order chi connectivity index (χ1) is 14.6. The zero-order valence-electron chi connectivity index (χ0n) is 17.5. The summed E-state index contributed by atoms with van der Waals surface area (Å²) in [4.78, 5) is 17.6. The van der Waals surface area contributed by atoms with Gasteiger partial charge in [0.15, 0.2) is 0 Å². The average molecular weight is 409 g/mol. The Morgan fingerprint density at radius 1 is 1.03 bits per heavy atom. The lowest BCUT2D eigenvalue weighted by Gasteiger charge is -2.39. The van der Waals surface area contributed by atoms with Crippen LogP contribution >= 0.6 is 0 Å². The molecule has 5 rings (SSSR count). The summed E-state index contributed by atoms with van der Waals surface area (Å²) >= 11 is 0. The second-order valence-electron chi connectivity index (χ2n) is 9.11. The van der Waals surface area contributed by atoms with Gasteiger partial charge in [-0.2, -0.15) is 0 Å². The Morgan fingerprint density at radius 2 is 1.73 bits per heavy atom. The molecule has 158 valence electrons. The highest BCUT2D eigenvalue weighted by molar-refractivity contribution is 5.71. The average Bonchev–Trinajstić information content (AvgIpc) is 3.54. The van der Waals surface area contributed by atoms with Gasteiger partial charge in [-0.25, -0.2) is 9.18 Å². The highest BCUT2D eigenvalue weighted by Gasteiger charge is 2.54. The highest BCUT2D eigenvalue weighted by Crippen LogP contribution is 2.50. The van der Waals surface area contributed by atoms with Gasteiger partial charge in [0.1, 0.15) is 11.4 Å². The van der Waals surface area contributed by atoms with Gasteiger partial charge in [-0.1, -0.05) is 36.4 Å². The maximum atomic E-state index is 13.6. The fraction of sp³-hybridized carbons (Fsp3) is 0.480. The molecule has 0 spiro atoms. The van der Waals surface area contributed by atoms with E-state index in [4.69, 9.17) is 4.74 Å². The third-order valence-electron chi connectivity index (χ3n) is 7.20. The number of likely N-dealkylation sites (tertiary alicyclic amines) is 1. The topological polar surface area (TPSA) is 32.8 Å². The molecule has 1 saturated heterocycles. The minimum Gasteiger partial charge on any atom is -0.442 e. The van der Waals surface area contributed by atoms with E-state index < -0.39 is 0 Å². The number of nitrogens with zero attached hydrogens (tertiary/aromatic N) is 2. The van der Waals surface area contributed by atoms with E-state index in [0.29, 0.717) is 12.5 Å². The summed E-state index contributed by atoms with van der Waals surface area (Å²) in [5.74, 6) is 0.190. The van der Waals surface area contributed by atoms with Crippen LogP contribution in [0.4, 0.5) is 9.18 Å². The summed E-state index contributed by atoms with van der Waals surface area (Å²) in [5.41, 5.74) is 3.00. The van der Waals surface area contributed by atoms with E-state index >= 15 is 0 Å². The van der Waals surface area contributed by atoms with E-state index in [1.54, 1.807) is 12.1 Å². The van der Waals surface area contributed by atoms with Crippen molar-refractivity contribution in [1.29, 1.82) is 0 Å². The molecule has 2 fully saturated rings. The Morgan fingerprint density at radius 3 is 2.43 bits per heavy atom. The first kappa shape index (κ1) is 19.6. The minimum atomic E-state index is -0.275. The van der Waals surface area contributed by atoms with Gasteiger partial charge in [0.2, 0.25) is 0 Å². The third-order valence-corrected chi connectivity index (χ3v) is 7.20. The molecule has 2 aromatic rings. The van der Waals surface area contributed by atoms with Crippen LogP contribution in [0.25, 0.3) is 0 Å². The Kier molecular flexibility index (Phi) is 5.02. The lowest BCUT2D eigenvalue weighted by molar-refractivity contribution is -0.00446. The van der Waals surface area contributed by atoms with Crippen molar-refractivity contribution in [3.05, 3.63) is 71.0 Å². The summed E-state index contributed by atoms with van der Waals surface area (Å²) in [6.07, 6.45) is 4.71. The molecule has 0 radical (unpaired) electrons. The molecule has 30 heavy (non-hydrogen) atoms. The van der Waals surface area contributed by atoms with Crippen molar-refractivity contribution in [1.82, 2.24) is 9.80 Å². The molecule has 3 aliphatic rings. The highest BCUT2D eigenvalue weighted by atomic mass is 19.1. The summed E-state index contributed by atoms with van der Waals surface area (Å²) < 4.78 is 19.8. The number of ether oxygens (including phenoxy) is 1. The molecule has 0 aromatic heterocycles. The van der Waals surface area contributed by atoms with E-state index in [9.17, 15) is 9.18 Å². The maximum absolute atomic E-state index is 13.6. The predicted octanol–water partition coefficient (Wildman–Crippen LogP) is 4.78. The molecule has 1 amide bonds. The van der Waals surface area contributed by atoms with E-state index in [-0.39, 0.29) is 23.6 Å². The number of amides is 1. The first-order valence-corrected chi connectivity index (χ1v) is 11.1. The molecule has 0 N–H and O–H groups in total. The molecule has 5 heteroatoms. The molecule has 1 saturated carbocycles. The zero-order chi connectivity index (χ0) is 20.7. The van der Waals surface area contributed by atoms with Crippen molar-refractivity contribution >= 4 is 6.09 Å². The molecular weight excluding hydrogens is 379 g/mol. The molecule has 4 nitrogen and oxygen atoms in total. The number of rotatable bonds is 3. The SMILES string of the molecule is CN1CCC(C2(OC(=O)N3CCc4ccccc4[C@@H]3c3ccc(F)cc3)CC2)CC1. The number of hydrogen-bond acceptors (Lipinski definition) is 3. The summed E-state index contributed by atoms with van der Waals surface area (Å²) in [5, 5.41) is 0. The van der Waals surface area contributed by atoms with Crippen molar-refractivity contribution in [3.63, 3.8) is 0 Å². The van der Waals surface area contributed by atoms with E-state index in [2.05, 4.69) is 24.1 Å². The maximum Gasteiger partial charge on any atom is 0.411 e. The van der Waals surface area contributed by atoms with Crippen molar-refractivity contribution in [2.75, 3.05) is 26.7 Å². The molecule has 1 aliphatic carbocycles. The second kappa shape index (κ2) is 7.69. The Hall–Kier alpha value is -2.40. The van der Waals surface area contributed by atoms with Crippen molar-refractivity contribution < 1.29 is 13.9 Å². The number of fused-ring (bicyclic) bond motifs is 1. The van der Waals surface area contributed by atoms with Gasteiger partial charge in [0.25, 0.3) is 0 Å². The molecule has 1 atom stereocenters. The summed E-state index contributed by atoms with van der Waals surface area (Å²) in [6, 6.07) is 14.5. The van der Waals surface area contributed by atoms with Crippen LogP contribution in [0.1, 0.15) is 48.4 Å². The monoisotopic (exact) mass is 408 g/mol. The number of carbonyl (C=O) groups is 1. The largest absolute Gasteiger partial charge is 0.442 e. The second-order valence-corrected chi connectivity index (χ2v) is 9.11. The van der Waals surface area contributed by atoms with Crippen molar-refractivity contribution in [3.8, 4) is 0 Å². The number of carbonyl (C=O) groups excluding carboxylic acids is 1. The third kappa shape index (κ3) is 3.60. The molecule has 2 aliphatic heterocycles. The smallest absolute Gasteiger partial charge is 0.411 e.